The zero-order valence-corrected chi connectivity index (χ0v) is 54.3. The number of unbranched alkanes of at least 4 members (excludes halogenated alkanes) is 45. The maximum atomic E-state index is 13.0. The van der Waals surface area contributed by atoms with E-state index in [-0.39, 0.29) is 31.1 Å². The smallest absolute Gasteiger partial charge is 0.306 e. The molecule has 6 heteroatoms. The van der Waals surface area contributed by atoms with Gasteiger partial charge in [-0.05, 0) is 83.5 Å². The number of esters is 3. The molecule has 472 valence electrons. The summed E-state index contributed by atoms with van der Waals surface area (Å²) < 4.78 is 17.0. The molecule has 0 aromatic carbocycles. The number of carbonyl (C=O) groups is 3. The lowest BCUT2D eigenvalue weighted by Gasteiger charge is -2.18. The van der Waals surface area contributed by atoms with Gasteiger partial charge in [-0.3, -0.25) is 14.4 Å². The van der Waals surface area contributed by atoms with Gasteiger partial charge in [-0.2, -0.15) is 0 Å². The molecule has 0 N–H and O–H groups in total. The highest BCUT2D eigenvalue weighted by Crippen LogP contribution is 2.18. The molecule has 0 aliphatic heterocycles. The first-order valence-electron chi connectivity index (χ1n) is 35.8. The van der Waals surface area contributed by atoms with Crippen molar-refractivity contribution in [2.45, 2.75) is 386 Å². The SMILES string of the molecule is CC/C=C\C/C=C\C/C=C\C/C=C\CCCCC(=O)OCC(COC(=O)CCCCCCCCCCCCCCCCCCCCCCCCCCCCC)OC(=O)CCCCCCCCCCC/C=C\CCCCCCCCCC. The van der Waals surface area contributed by atoms with Gasteiger partial charge in [0, 0.05) is 19.3 Å². The molecule has 0 saturated carbocycles. The normalized spacial score (nSPS) is 12.4. The van der Waals surface area contributed by atoms with Gasteiger partial charge in [0.05, 0.1) is 0 Å². The van der Waals surface area contributed by atoms with E-state index in [1.165, 1.54) is 257 Å². The monoisotopic (exact) mass is 1130 g/mol. The zero-order valence-electron chi connectivity index (χ0n) is 54.3. The number of ether oxygens (including phenoxy) is 3. The third kappa shape index (κ3) is 67.8. The maximum Gasteiger partial charge on any atom is 0.306 e. The highest BCUT2D eigenvalue weighted by molar-refractivity contribution is 5.71. The summed E-state index contributed by atoms with van der Waals surface area (Å²) in [5, 5.41) is 0. The molecule has 0 aliphatic rings. The third-order valence-corrected chi connectivity index (χ3v) is 16.0. The van der Waals surface area contributed by atoms with E-state index < -0.39 is 6.10 Å². The van der Waals surface area contributed by atoms with Crippen LogP contribution in [0.1, 0.15) is 380 Å². The molecule has 0 saturated heterocycles. The molecule has 0 rings (SSSR count). The average Bonchev–Trinajstić information content (AvgIpc) is 3.47. The van der Waals surface area contributed by atoms with Crippen molar-refractivity contribution in [1.82, 2.24) is 0 Å². The lowest BCUT2D eigenvalue weighted by Crippen LogP contribution is -2.30. The van der Waals surface area contributed by atoms with Crippen molar-refractivity contribution in [2.24, 2.45) is 0 Å². The fraction of sp³-hybridized carbons (Fsp3) is 0.827. The van der Waals surface area contributed by atoms with Crippen LogP contribution in [0.15, 0.2) is 60.8 Å². The van der Waals surface area contributed by atoms with Gasteiger partial charge in [0.25, 0.3) is 0 Å². The van der Waals surface area contributed by atoms with Gasteiger partial charge >= 0.3 is 17.9 Å². The molecule has 0 bridgehead atoms. The van der Waals surface area contributed by atoms with E-state index in [9.17, 15) is 14.4 Å². The van der Waals surface area contributed by atoms with Crippen molar-refractivity contribution < 1.29 is 28.6 Å². The van der Waals surface area contributed by atoms with Crippen molar-refractivity contribution in [3.63, 3.8) is 0 Å². The second-order valence-electron chi connectivity index (χ2n) is 24.1. The molecule has 0 aromatic heterocycles. The largest absolute Gasteiger partial charge is 0.462 e. The van der Waals surface area contributed by atoms with Crippen LogP contribution >= 0.6 is 0 Å². The minimum Gasteiger partial charge on any atom is -0.462 e. The Morgan fingerprint density at radius 2 is 0.481 bits per heavy atom. The molecular weight excluding hydrogens is 997 g/mol. The van der Waals surface area contributed by atoms with Crippen LogP contribution in [-0.2, 0) is 28.6 Å². The Labute approximate surface area is 504 Å². The second-order valence-corrected chi connectivity index (χ2v) is 24.1. The van der Waals surface area contributed by atoms with Crippen molar-refractivity contribution >= 4 is 17.9 Å². The Morgan fingerprint density at radius 3 is 0.790 bits per heavy atom. The average molecular weight is 1130 g/mol. The fourth-order valence-corrected chi connectivity index (χ4v) is 10.7. The maximum absolute atomic E-state index is 13.0. The summed E-state index contributed by atoms with van der Waals surface area (Å²) in [5.41, 5.74) is 0. The van der Waals surface area contributed by atoms with Gasteiger partial charge in [-0.1, -0.05) is 338 Å². The van der Waals surface area contributed by atoms with Gasteiger partial charge in [0.15, 0.2) is 6.10 Å². The molecule has 0 aromatic rings. The number of carbonyl (C=O) groups excluding carboxylic acids is 3. The summed E-state index contributed by atoms with van der Waals surface area (Å²) >= 11 is 0. The first kappa shape index (κ1) is 78.1. The minimum absolute atomic E-state index is 0.0845. The number of hydrogen-bond donors (Lipinski definition) is 0. The number of allylic oxidation sites excluding steroid dienone is 10. The van der Waals surface area contributed by atoms with Gasteiger partial charge in [-0.25, -0.2) is 0 Å². The molecule has 81 heavy (non-hydrogen) atoms. The molecule has 6 nitrogen and oxygen atoms in total. The highest BCUT2D eigenvalue weighted by atomic mass is 16.6. The summed E-state index contributed by atoms with van der Waals surface area (Å²) in [6.45, 7) is 6.56. The van der Waals surface area contributed by atoms with Gasteiger partial charge < -0.3 is 14.2 Å². The molecule has 0 aliphatic carbocycles. The Balaban J connectivity index is 4.28. The molecule has 0 heterocycles. The van der Waals surface area contributed by atoms with Crippen LogP contribution in [-0.4, -0.2) is 37.2 Å². The Kier molecular flexibility index (Phi) is 67.1. The van der Waals surface area contributed by atoms with Crippen LogP contribution in [0.25, 0.3) is 0 Å². The summed E-state index contributed by atoms with van der Waals surface area (Å²) in [4.78, 5) is 38.4. The molecular formula is C75H136O6. The standard InChI is InChI=1S/C75H136O6/c1-4-7-10-13-16-19-22-25-28-30-32-34-35-36-37-38-39-41-42-44-47-50-53-56-59-62-65-68-74(77)80-71-72(70-79-73(76)67-64-61-58-55-52-49-46-27-24-21-18-15-12-9-6-3)81-75(78)69-66-63-60-57-54-51-48-45-43-40-33-31-29-26-23-20-17-14-11-8-5-2/h9,12,18,21,27,31,33,46,52,55,72H,4-8,10-11,13-17,19-20,22-26,28-30,32,34-45,47-51,53-54,56-71H2,1-3H3/b12-9-,21-18-,33-31-,46-27-,55-52-. The highest BCUT2D eigenvalue weighted by Gasteiger charge is 2.19. The number of hydrogen-bond acceptors (Lipinski definition) is 6. The predicted molar refractivity (Wildman–Crippen MR) is 353 cm³/mol. The van der Waals surface area contributed by atoms with Crippen molar-refractivity contribution in [1.29, 1.82) is 0 Å². The summed E-state index contributed by atoms with van der Waals surface area (Å²) in [7, 11) is 0. The van der Waals surface area contributed by atoms with E-state index in [2.05, 4.69) is 81.5 Å². The third-order valence-electron chi connectivity index (χ3n) is 16.0. The van der Waals surface area contributed by atoms with Gasteiger partial charge in [0.2, 0.25) is 0 Å². The lowest BCUT2D eigenvalue weighted by atomic mass is 10.0. The van der Waals surface area contributed by atoms with Gasteiger partial charge in [-0.15, -0.1) is 0 Å². The topological polar surface area (TPSA) is 78.9 Å². The zero-order chi connectivity index (χ0) is 58.5. The summed E-state index contributed by atoms with van der Waals surface area (Å²) in [5.74, 6) is -0.907. The summed E-state index contributed by atoms with van der Waals surface area (Å²) in [6.07, 6.45) is 89.8. The first-order chi connectivity index (χ1) is 40.0. The van der Waals surface area contributed by atoms with Crippen LogP contribution < -0.4 is 0 Å². The van der Waals surface area contributed by atoms with Crippen LogP contribution in [0.4, 0.5) is 0 Å². The van der Waals surface area contributed by atoms with Crippen molar-refractivity contribution in [3.8, 4) is 0 Å². The Bertz CT molecular complexity index is 1440. The van der Waals surface area contributed by atoms with E-state index in [4.69, 9.17) is 14.2 Å². The molecule has 0 spiro atoms. The fourth-order valence-electron chi connectivity index (χ4n) is 10.7. The van der Waals surface area contributed by atoms with E-state index in [0.717, 1.165) is 83.5 Å². The van der Waals surface area contributed by atoms with Crippen molar-refractivity contribution in [3.05, 3.63) is 60.8 Å². The minimum atomic E-state index is -0.793. The number of rotatable bonds is 66. The Morgan fingerprint density at radius 1 is 0.259 bits per heavy atom. The van der Waals surface area contributed by atoms with Crippen LogP contribution in [0.5, 0.6) is 0 Å². The van der Waals surface area contributed by atoms with Crippen LogP contribution in [0.2, 0.25) is 0 Å². The molecule has 0 fully saturated rings. The van der Waals surface area contributed by atoms with Gasteiger partial charge in [0.1, 0.15) is 13.2 Å². The quantitative estimate of drug-likeness (QED) is 0.0261. The van der Waals surface area contributed by atoms with Crippen LogP contribution in [0.3, 0.4) is 0 Å². The lowest BCUT2D eigenvalue weighted by molar-refractivity contribution is -0.167. The summed E-state index contributed by atoms with van der Waals surface area (Å²) in [6, 6.07) is 0. The van der Waals surface area contributed by atoms with E-state index in [0.29, 0.717) is 19.3 Å². The van der Waals surface area contributed by atoms with E-state index in [1.54, 1.807) is 0 Å². The molecule has 0 amide bonds. The first-order valence-corrected chi connectivity index (χ1v) is 35.8. The van der Waals surface area contributed by atoms with Crippen LogP contribution in [0, 0.1) is 0 Å². The van der Waals surface area contributed by atoms with E-state index in [1.807, 2.05) is 0 Å². The molecule has 1 atom stereocenters. The second kappa shape index (κ2) is 69.6. The van der Waals surface area contributed by atoms with Crippen molar-refractivity contribution in [2.75, 3.05) is 13.2 Å². The van der Waals surface area contributed by atoms with E-state index >= 15 is 0 Å². The molecule has 1 unspecified atom stereocenters. The Hall–Kier alpha value is -2.89. The molecule has 0 radical (unpaired) electrons. The predicted octanol–water partition coefficient (Wildman–Crippen LogP) is 24.7.